The fourth-order valence-corrected chi connectivity index (χ4v) is 2.13. The van der Waals surface area contributed by atoms with Crippen LogP contribution in [0.1, 0.15) is 43.7 Å². The summed E-state index contributed by atoms with van der Waals surface area (Å²) in [7, 11) is 0. The maximum Gasteiger partial charge on any atom is 0.305 e. The van der Waals surface area contributed by atoms with Gasteiger partial charge in [-0.1, -0.05) is 24.3 Å². The van der Waals surface area contributed by atoms with Gasteiger partial charge in [0, 0.05) is 18.0 Å². The number of rotatable bonds is 9. The Hall–Kier alpha value is -2.37. The Morgan fingerprint density at radius 2 is 1.91 bits per heavy atom. The fourth-order valence-electron chi connectivity index (χ4n) is 2.13. The summed E-state index contributed by atoms with van der Waals surface area (Å²) in [5.74, 6) is -0.971. The van der Waals surface area contributed by atoms with Crippen molar-refractivity contribution in [2.45, 2.75) is 45.1 Å². The van der Waals surface area contributed by atoms with E-state index >= 15 is 0 Å². The van der Waals surface area contributed by atoms with E-state index in [9.17, 15) is 9.59 Å². The summed E-state index contributed by atoms with van der Waals surface area (Å²) in [4.78, 5) is 22.1. The molecule has 1 rings (SSSR count). The van der Waals surface area contributed by atoms with Crippen molar-refractivity contribution in [3.05, 3.63) is 35.4 Å². The Morgan fingerprint density at radius 1 is 1.27 bits per heavy atom. The standard InChI is InChI=1S/C16H23N3O3/c1-11(10-15(21)22)19-14(20)5-3-2-4-12-6-8-13(9-7-12)16(17)18/h6-9,11H,2-5,10H2,1H3,(H3,17,18)(H,19,20)(H,21,22)/t11-/m1/s1. The molecule has 1 amide bonds. The molecule has 0 fully saturated rings. The van der Waals surface area contributed by atoms with Crippen molar-refractivity contribution in [1.82, 2.24) is 5.32 Å². The van der Waals surface area contributed by atoms with E-state index in [1.54, 1.807) is 6.92 Å². The van der Waals surface area contributed by atoms with Gasteiger partial charge in [-0.05, 0) is 31.7 Å². The quantitative estimate of drug-likeness (QED) is 0.315. The number of nitrogens with two attached hydrogens (primary N) is 1. The van der Waals surface area contributed by atoms with Crippen LogP contribution < -0.4 is 11.1 Å². The maximum absolute atomic E-state index is 11.6. The number of aliphatic carboxylic acids is 1. The van der Waals surface area contributed by atoms with E-state index in [1.807, 2.05) is 24.3 Å². The molecule has 1 aromatic rings. The van der Waals surface area contributed by atoms with Crippen molar-refractivity contribution in [2.75, 3.05) is 0 Å². The molecule has 0 radical (unpaired) electrons. The molecule has 1 atom stereocenters. The van der Waals surface area contributed by atoms with E-state index in [4.69, 9.17) is 16.2 Å². The second-order valence-electron chi connectivity index (χ2n) is 5.38. The lowest BCUT2D eigenvalue weighted by Crippen LogP contribution is -2.33. The number of hydrogen-bond acceptors (Lipinski definition) is 3. The summed E-state index contributed by atoms with van der Waals surface area (Å²) in [6.07, 6.45) is 2.82. The molecule has 5 N–H and O–H groups in total. The zero-order chi connectivity index (χ0) is 16.5. The van der Waals surface area contributed by atoms with Crippen LogP contribution in [0.3, 0.4) is 0 Å². The molecule has 6 nitrogen and oxygen atoms in total. The van der Waals surface area contributed by atoms with Gasteiger partial charge in [-0.2, -0.15) is 0 Å². The third kappa shape index (κ3) is 6.88. The van der Waals surface area contributed by atoms with Gasteiger partial charge in [0.05, 0.1) is 6.42 Å². The van der Waals surface area contributed by atoms with E-state index < -0.39 is 5.97 Å². The predicted octanol–water partition coefficient (Wildman–Crippen LogP) is 1.66. The highest BCUT2D eigenvalue weighted by Crippen LogP contribution is 2.09. The predicted molar refractivity (Wildman–Crippen MR) is 84.9 cm³/mol. The minimum absolute atomic E-state index is 0.0544. The van der Waals surface area contributed by atoms with Gasteiger partial charge in [-0.15, -0.1) is 0 Å². The Labute approximate surface area is 130 Å². The monoisotopic (exact) mass is 305 g/mol. The SMILES string of the molecule is C[C@H](CC(=O)O)NC(=O)CCCCc1ccc(C(=N)N)cc1. The lowest BCUT2D eigenvalue weighted by Gasteiger charge is -2.11. The number of nitrogen functional groups attached to an aromatic ring is 1. The van der Waals surface area contributed by atoms with Crippen molar-refractivity contribution < 1.29 is 14.7 Å². The summed E-state index contributed by atoms with van der Waals surface area (Å²) < 4.78 is 0. The number of carbonyl (C=O) groups excluding carboxylic acids is 1. The van der Waals surface area contributed by atoms with E-state index in [-0.39, 0.29) is 24.2 Å². The van der Waals surface area contributed by atoms with Gasteiger partial charge in [-0.25, -0.2) is 0 Å². The molecule has 0 bridgehead atoms. The first-order chi connectivity index (χ1) is 10.4. The molecule has 0 saturated carbocycles. The number of carboxylic acids is 1. The Kier molecular flexibility index (Phi) is 7.08. The van der Waals surface area contributed by atoms with E-state index in [0.717, 1.165) is 24.8 Å². The summed E-state index contributed by atoms with van der Waals surface area (Å²) in [6, 6.07) is 7.16. The topological polar surface area (TPSA) is 116 Å². The molecule has 0 spiro atoms. The highest BCUT2D eigenvalue weighted by Gasteiger charge is 2.10. The van der Waals surface area contributed by atoms with Gasteiger partial charge >= 0.3 is 5.97 Å². The average molecular weight is 305 g/mol. The lowest BCUT2D eigenvalue weighted by atomic mass is 10.0. The van der Waals surface area contributed by atoms with Crippen molar-refractivity contribution in [2.24, 2.45) is 5.73 Å². The van der Waals surface area contributed by atoms with Crippen LogP contribution in [-0.2, 0) is 16.0 Å². The smallest absolute Gasteiger partial charge is 0.305 e. The van der Waals surface area contributed by atoms with Gasteiger partial charge < -0.3 is 16.2 Å². The first-order valence-corrected chi connectivity index (χ1v) is 7.33. The lowest BCUT2D eigenvalue weighted by molar-refractivity contribution is -0.137. The molecule has 0 aliphatic heterocycles. The number of benzene rings is 1. The molecule has 0 aliphatic carbocycles. The Balaban J connectivity index is 2.23. The zero-order valence-electron chi connectivity index (χ0n) is 12.8. The highest BCUT2D eigenvalue weighted by molar-refractivity contribution is 5.94. The van der Waals surface area contributed by atoms with Crippen molar-refractivity contribution >= 4 is 17.7 Å². The zero-order valence-corrected chi connectivity index (χ0v) is 12.8. The van der Waals surface area contributed by atoms with Crippen LogP contribution in [0.2, 0.25) is 0 Å². The van der Waals surface area contributed by atoms with Crippen LogP contribution in [-0.4, -0.2) is 28.9 Å². The van der Waals surface area contributed by atoms with E-state index in [0.29, 0.717) is 12.0 Å². The molecule has 0 heterocycles. The van der Waals surface area contributed by atoms with Gasteiger partial charge in [0.2, 0.25) is 5.91 Å². The van der Waals surface area contributed by atoms with Crippen LogP contribution in [0, 0.1) is 5.41 Å². The number of amidine groups is 1. The Bertz CT molecular complexity index is 526. The number of nitrogens with one attached hydrogen (secondary N) is 2. The van der Waals surface area contributed by atoms with Crippen molar-refractivity contribution in [3.8, 4) is 0 Å². The number of hydrogen-bond donors (Lipinski definition) is 4. The number of amides is 1. The van der Waals surface area contributed by atoms with Gasteiger partial charge in [0.15, 0.2) is 0 Å². The molecule has 22 heavy (non-hydrogen) atoms. The summed E-state index contributed by atoms with van der Waals surface area (Å²) in [6.45, 7) is 1.68. The van der Waals surface area contributed by atoms with Crippen LogP contribution in [0.4, 0.5) is 0 Å². The molecule has 0 saturated heterocycles. The van der Waals surface area contributed by atoms with Gasteiger partial charge in [-0.3, -0.25) is 15.0 Å². The third-order valence-corrected chi connectivity index (χ3v) is 3.27. The van der Waals surface area contributed by atoms with Crippen LogP contribution in [0.15, 0.2) is 24.3 Å². The van der Waals surface area contributed by atoms with Crippen LogP contribution in [0.25, 0.3) is 0 Å². The maximum atomic E-state index is 11.6. The molecular weight excluding hydrogens is 282 g/mol. The number of carbonyl (C=O) groups is 2. The molecule has 6 heteroatoms. The number of aryl methyl sites for hydroxylation is 1. The second kappa shape index (κ2) is 8.81. The number of carboxylic acid groups (broad SMARTS) is 1. The second-order valence-corrected chi connectivity index (χ2v) is 5.38. The fraction of sp³-hybridized carbons (Fsp3) is 0.438. The summed E-state index contributed by atoms with van der Waals surface area (Å²) in [5.41, 5.74) is 7.24. The van der Waals surface area contributed by atoms with E-state index in [1.165, 1.54) is 0 Å². The molecular formula is C16H23N3O3. The minimum Gasteiger partial charge on any atom is -0.481 e. The molecule has 0 aliphatic rings. The molecule has 120 valence electrons. The molecule has 1 aromatic carbocycles. The van der Waals surface area contributed by atoms with Crippen LogP contribution >= 0.6 is 0 Å². The normalized spacial score (nSPS) is 11.7. The van der Waals surface area contributed by atoms with E-state index in [2.05, 4.69) is 5.32 Å². The van der Waals surface area contributed by atoms with Gasteiger partial charge in [0.25, 0.3) is 0 Å². The first-order valence-electron chi connectivity index (χ1n) is 7.33. The number of unbranched alkanes of at least 4 members (excludes halogenated alkanes) is 1. The van der Waals surface area contributed by atoms with Crippen molar-refractivity contribution in [1.29, 1.82) is 5.41 Å². The van der Waals surface area contributed by atoms with Crippen LogP contribution in [0.5, 0.6) is 0 Å². The molecule has 0 aromatic heterocycles. The first kappa shape index (κ1) is 17.7. The minimum atomic E-state index is -0.915. The summed E-state index contributed by atoms with van der Waals surface area (Å²) >= 11 is 0. The summed E-state index contributed by atoms with van der Waals surface area (Å²) in [5, 5.41) is 18.6. The third-order valence-electron chi connectivity index (χ3n) is 3.27. The highest BCUT2D eigenvalue weighted by atomic mass is 16.4. The Morgan fingerprint density at radius 3 is 2.45 bits per heavy atom. The van der Waals surface area contributed by atoms with Gasteiger partial charge in [0.1, 0.15) is 5.84 Å². The average Bonchev–Trinajstić information content (AvgIpc) is 2.43. The molecule has 0 unspecified atom stereocenters. The largest absolute Gasteiger partial charge is 0.481 e. The van der Waals surface area contributed by atoms with Crippen molar-refractivity contribution in [3.63, 3.8) is 0 Å².